The molecule has 4 nitrogen and oxygen atoms in total. The zero-order valence-electron chi connectivity index (χ0n) is 4.63. The van der Waals surface area contributed by atoms with Crippen molar-refractivity contribution in [2.45, 2.75) is 12.8 Å². The van der Waals surface area contributed by atoms with E-state index in [0.717, 1.165) is 0 Å². The number of carboxylic acids is 2. The smallest absolute Gasteiger partial charge is 0.303 e. The van der Waals surface area contributed by atoms with Gasteiger partial charge in [0.15, 0.2) is 0 Å². The van der Waals surface area contributed by atoms with E-state index in [1.807, 2.05) is 0 Å². The summed E-state index contributed by atoms with van der Waals surface area (Å²) in [5.74, 6) is -2.15. The van der Waals surface area contributed by atoms with Gasteiger partial charge < -0.3 is 10.2 Å². The van der Waals surface area contributed by atoms with Crippen LogP contribution in [-0.2, 0) is 35.8 Å². The van der Waals surface area contributed by atoms with Crippen LogP contribution in [0.3, 0.4) is 0 Å². The fourth-order valence-corrected chi connectivity index (χ4v) is 0.214. The zero-order valence-corrected chi connectivity index (χ0v) is 7.08. The summed E-state index contributed by atoms with van der Waals surface area (Å²) in [6.45, 7) is 0. The molecule has 0 aromatic heterocycles. The van der Waals surface area contributed by atoms with Crippen molar-refractivity contribution >= 4 is 11.9 Å². The Bertz CT molecular complexity index is 97.1. The number of carboxylic acid groups (broad SMARTS) is 2. The first-order chi connectivity index (χ1) is 3.63. The molecule has 0 fully saturated rings. The first-order valence-corrected chi connectivity index (χ1v) is 2.06. The van der Waals surface area contributed by atoms with E-state index in [-0.39, 0.29) is 39.0 Å². The van der Waals surface area contributed by atoms with Gasteiger partial charge in [0.05, 0.1) is 12.8 Å². The molecule has 0 heterocycles. The monoisotopic (exact) mass is 208 g/mol. The Morgan fingerprint density at radius 3 is 1.33 bits per heavy atom. The minimum absolute atomic E-state index is 0. The number of hydrogen-bond donors (Lipinski definition) is 2. The van der Waals surface area contributed by atoms with Crippen LogP contribution in [0.5, 0.6) is 0 Å². The Kier molecular flexibility index (Phi) is 7.67. The third-order valence-electron chi connectivity index (χ3n) is 0.553. The van der Waals surface area contributed by atoms with Crippen molar-refractivity contribution in [1.29, 1.82) is 0 Å². The third kappa shape index (κ3) is 11.4. The average molecular weight is 209 g/mol. The summed E-state index contributed by atoms with van der Waals surface area (Å²) in [6, 6.07) is 0. The Labute approximate surface area is 71.0 Å². The molecule has 50 valence electrons. The second kappa shape index (κ2) is 5.95. The van der Waals surface area contributed by atoms with Crippen molar-refractivity contribution in [1.82, 2.24) is 0 Å². The van der Waals surface area contributed by atoms with Crippen molar-refractivity contribution in [3.05, 3.63) is 0 Å². The van der Waals surface area contributed by atoms with Gasteiger partial charge in [-0.25, -0.2) is 0 Å². The van der Waals surface area contributed by atoms with Crippen LogP contribution in [0.15, 0.2) is 0 Å². The summed E-state index contributed by atoms with van der Waals surface area (Å²) in [4.78, 5) is 19.3. The van der Waals surface area contributed by atoms with Gasteiger partial charge in [-0.1, -0.05) is 0 Å². The maximum atomic E-state index is 9.64. The Morgan fingerprint density at radius 1 is 1.00 bits per heavy atom. The van der Waals surface area contributed by atoms with Gasteiger partial charge in [-0.15, -0.1) is 0 Å². The number of rotatable bonds is 3. The molecule has 5 heteroatoms. The summed E-state index contributed by atoms with van der Waals surface area (Å²) < 4.78 is 0. The largest absolute Gasteiger partial charge is 0.481 e. The van der Waals surface area contributed by atoms with E-state index in [2.05, 4.69) is 0 Å². The van der Waals surface area contributed by atoms with Crippen LogP contribution in [0.2, 0.25) is 0 Å². The van der Waals surface area contributed by atoms with Gasteiger partial charge in [0.25, 0.3) is 0 Å². The molecule has 2 N–H and O–H groups in total. The molecule has 0 radical (unpaired) electrons. The van der Waals surface area contributed by atoms with Crippen LogP contribution < -0.4 is 0 Å². The molecule has 0 bridgehead atoms. The van der Waals surface area contributed by atoms with Crippen LogP contribution in [0, 0.1) is 0 Å². The molecule has 0 aromatic rings. The fourth-order valence-electron chi connectivity index (χ4n) is 0.214. The van der Waals surface area contributed by atoms with E-state index < -0.39 is 11.9 Å². The standard InChI is InChI=1S/C4H6O4.Zr/c5-3(6)1-2-4(7)8;/h1-2H2,(H,5,6)(H,7,8);. The fraction of sp³-hybridized carbons (Fsp3) is 0.500. The van der Waals surface area contributed by atoms with Crippen LogP contribution in [0.25, 0.3) is 0 Å². The number of aliphatic carboxylic acids is 2. The summed E-state index contributed by atoms with van der Waals surface area (Å²) >= 11 is 0. The minimum atomic E-state index is -1.08. The molecule has 9 heavy (non-hydrogen) atoms. The molecule has 0 rings (SSSR count). The molecular formula is C4H6O4Zr. The molecule has 0 saturated heterocycles. The summed E-state index contributed by atoms with van der Waals surface area (Å²) in [6.07, 6.45) is -0.593. The predicted molar refractivity (Wildman–Crippen MR) is 24.5 cm³/mol. The molecular weight excluding hydrogens is 203 g/mol. The van der Waals surface area contributed by atoms with E-state index >= 15 is 0 Å². The van der Waals surface area contributed by atoms with Gasteiger partial charge in [0.1, 0.15) is 0 Å². The second-order valence-electron chi connectivity index (χ2n) is 1.29. The van der Waals surface area contributed by atoms with Gasteiger partial charge in [-0.05, 0) is 0 Å². The molecule has 0 aliphatic carbocycles. The summed E-state index contributed by atoms with van der Waals surface area (Å²) in [5.41, 5.74) is 0. The van der Waals surface area contributed by atoms with Crippen molar-refractivity contribution in [3.63, 3.8) is 0 Å². The van der Waals surface area contributed by atoms with E-state index in [1.54, 1.807) is 0 Å². The van der Waals surface area contributed by atoms with Crippen molar-refractivity contribution < 1.29 is 46.0 Å². The van der Waals surface area contributed by atoms with E-state index in [1.165, 1.54) is 0 Å². The first kappa shape index (κ1) is 11.6. The van der Waals surface area contributed by atoms with Crippen molar-refractivity contribution in [2.24, 2.45) is 0 Å². The van der Waals surface area contributed by atoms with Gasteiger partial charge in [0, 0.05) is 26.2 Å². The van der Waals surface area contributed by atoms with Crippen LogP contribution in [-0.4, -0.2) is 22.2 Å². The van der Waals surface area contributed by atoms with Crippen molar-refractivity contribution in [3.8, 4) is 0 Å². The number of carbonyl (C=O) groups is 2. The van der Waals surface area contributed by atoms with E-state index in [0.29, 0.717) is 0 Å². The quantitative estimate of drug-likeness (QED) is 0.682. The van der Waals surface area contributed by atoms with E-state index in [9.17, 15) is 9.59 Å². The maximum absolute atomic E-state index is 9.64. The predicted octanol–water partition coefficient (Wildman–Crippen LogP) is -0.0667. The van der Waals surface area contributed by atoms with Gasteiger partial charge in [-0.2, -0.15) is 0 Å². The van der Waals surface area contributed by atoms with Crippen LogP contribution in [0.1, 0.15) is 12.8 Å². The first-order valence-electron chi connectivity index (χ1n) is 2.06. The normalized spacial score (nSPS) is 7.56. The molecule has 0 unspecified atom stereocenters. The molecule has 0 aliphatic rings. The topological polar surface area (TPSA) is 74.6 Å². The second-order valence-corrected chi connectivity index (χ2v) is 1.29. The molecule has 0 aromatic carbocycles. The Balaban J connectivity index is 0. The SMILES string of the molecule is O=C(O)CCC(=O)O.[Zr]. The minimum Gasteiger partial charge on any atom is -0.481 e. The van der Waals surface area contributed by atoms with Crippen LogP contribution in [0.4, 0.5) is 0 Å². The van der Waals surface area contributed by atoms with Gasteiger partial charge >= 0.3 is 11.9 Å². The van der Waals surface area contributed by atoms with E-state index in [4.69, 9.17) is 10.2 Å². The third-order valence-corrected chi connectivity index (χ3v) is 0.553. The average Bonchev–Trinajstić information content (AvgIpc) is 1.61. The summed E-state index contributed by atoms with van der Waals surface area (Å²) in [5, 5.41) is 15.8. The maximum Gasteiger partial charge on any atom is 0.303 e. The molecule has 0 saturated carbocycles. The zero-order chi connectivity index (χ0) is 6.57. The van der Waals surface area contributed by atoms with Gasteiger partial charge in [-0.3, -0.25) is 9.59 Å². The molecule has 0 atom stereocenters. The summed E-state index contributed by atoms with van der Waals surface area (Å²) in [7, 11) is 0. The Morgan fingerprint density at radius 2 is 1.22 bits per heavy atom. The Hall–Kier alpha value is -0.177. The molecule has 0 amide bonds. The molecule has 0 aliphatic heterocycles. The van der Waals surface area contributed by atoms with Crippen molar-refractivity contribution in [2.75, 3.05) is 0 Å². The molecule has 0 spiro atoms. The number of hydrogen-bond acceptors (Lipinski definition) is 2. The van der Waals surface area contributed by atoms with Gasteiger partial charge in [0.2, 0.25) is 0 Å². The van der Waals surface area contributed by atoms with Crippen LogP contribution >= 0.6 is 0 Å².